The van der Waals surface area contributed by atoms with Crippen LogP contribution in [0.2, 0.25) is 0 Å². The van der Waals surface area contributed by atoms with Crippen LogP contribution in [0.15, 0.2) is 72.8 Å². The predicted molar refractivity (Wildman–Crippen MR) is 112 cm³/mol. The maximum atomic E-state index is 12.7. The summed E-state index contributed by atoms with van der Waals surface area (Å²) in [6.45, 7) is 0.285. The van der Waals surface area contributed by atoms with Gasteiger partial charge in [-0.05, 0) is 42.0 Å². The molecule has 0 bridgehead atoms. The number of para-hydroxylation sites is 1. The third-order valence-electron chi connectivity index (χ3n) is 4.32. The Balaban J connectivity index is 1.73. The third-order valence-corrected chi connectivity index (χ3v) is 4.32. The normalized spacial score (nSPS) is 10.1. The van der Waals surface area contributed by atoms with Crippen LogP contribution in [-0.2, 0) is 6.54 Å². The summed E-state index contributed by atoms with van der Waals surface area (Å²) >= 11 is 0. The van der Waals surface area contributed by atoms with Gasteiger partial charge in [0.05, 0.1) is 25.5 Å². The van der Waals surface area contributed by atoms with Gasteiger partial charge in [-0.25, -0.2) is 0 Å². The van der Waals surface area contributed by atoms with Crippen LogP contribution in [0.5, 0.6) is 11.5 Å². The number of benzene rings is 3. The van der Waals surface area contributed by atoms with E-state index >= 15 is 0 Å². The van der Waals surface area contributed by atoms with Gasteiger partial charge in [0, 0.05) is 18.2 Å². The van der Waals surface area contributed by atoms with Crippen LogP contribution >= 0.6 is 0 Å². The quantitative estimate of drug-likeness (QED) is 0.642. The molecule has 3 rings (SSSR count). The first-order chi connectivity index (χ1) is 14.1. The number of carbonyl (C=O) groups is 2. The van der Waals surface area contributed by atoms with Crippen LogP contribution < -0.4 is 20.1 Å². The van der Waals surface area contributed by atoms with Crippen molar-refractivity contribution in [2.24, 2.45) is 0 Å². The van der Waals surface area contributed by atoms with Gasteiger partial charge in [-0.2, -0.15) is 0 Å². The number of carbonyl (C=O) groups excluding carboxylic acids is 2. The minimum atomic E-state index is -0.296. The maximum absolute atomic E-state index is 12.7. The van der Waals surface area contributed by atoms with E-state index in [1.54, 1.807) is 68.8 Å². The van der Waals surface area contributed by atoms with Crippen LogP contribution in [0.1, 0.15) is 26.3 Å². The summed E-state index contributed by atoms with van der Waals surface area (Å²) < 4.78 is 10.5. The molecular weight excluding hydrogens is 368 g/mol. The molecule has 0 radical (unpaired) electrons. The van der Waals surface area contributed by atoms with Crippen molar-refractivity contribution in [1.29, 1.82) is 0 Å². The Morgan fingerprint density at radius 3 is 2.07 bits per heavy atom. The fraction of sp³-hybridized carbons (Fsp3) is 0.130. The van der Waals surface area contributed by atoms with Crippen molar-refractivity contribution in [3.8, 4) is 11.5 Å². The van der Waals surface area contributed by atoms with Gasteiger partial charge >= 0.3 is 0 Å². The van der Waals surface area contributed by atoms with Crippen molar-refractivity contribution >= 4 is 17.5 Å². The first-order valence-electron chi connectivity index (χ1n) is 9.06. The zero-order valence-electron chi connectivity index (χ0n) is 16.3. The molecule has 148 valence electrons. The summed E-state index contributed by atoms with van der Waals surface area (Å²) in [6.07, 6.45) is 0. The van der Waals surface area contributed by atoms with Gasteiger partial charge in [-0.1, -0.05) is 30.3 Å². The summed E-state index contributed by atoms with van der Waals surface area (Å²) in [7, 11) is 3.14. The highest BCUT2D eigenvalue weighted by atomic mass is 16.5. The van der Waals surface area contributed by atoms with Crippen molar-refractivity contribution in [2.75, 3.05) is 19.5 Å². The van der Waals surface area contributed by atoms with Crippen LogP contribution in [0.25, 0.3) is 0 Å². The molecule has 0 saturated heterocycles. The lowest BCUT2D eigenvalue weighted by molar-refractivity contribution is 0.0951. The number of anilines is 1. The van der Waals surface area contributed by atoms with Crippen molar-refractivity contribution in [3.63, 3.8) is 0 Å². The molecule has 0 heterocycles. The van der Waals surface area contributed by atoms with Crippen molar-refractivity contribution < 1.29 is 19.1 Å². The molecule has 0 aliphatic carbocycles. The molecule has 0 spiro atoms. The highest BCUT2D eigenvalue weighted by Gasteiger charge is 2.14. The Morgan fingerprint density at radius 2 is 1.41 bits per heavy atom. The molecule has 3 aromatic carbocycles. The Hall–Kier alpha value is -3.80. The molecule has 29 heavy (non-hydrogen) atoms. The molecule has 0 aromatic heterocycles. The van der Waals surface area contributed by atoms with Gasteiger partial charge in [0.15, 0.2) is 0 Å². The summed E-state index contributed by atoms with van der Waals surface area (Å²) in [6, 6.07) is 21.1. The van der Waals surface area contributed by atoms with E-state index in [1.807, 2.05) is 18.2 Å². The Bertz CT molecular complexity index is 981. The first-order valence-corrected chi connectivity index (χ1v) is 9.06. The fourth-order valence-corrected chi connectivity index (χ4v) is 2.82. The van der Waals surface area contributed by atoms with Crippen LogP contribution in [0, 0.1) is 0 Å². The van der Waals surface area contributed by atoms with Crippen molar-refractivity contribution in [2.45, 2.75) is 6.54 Å². The number of hydrogen-bond donors (Lipinski definition) is 2. The lowest BCUT2D eigenvalue weighted by Gasteiger charge is -2.13. The van der Waals surface area contributed by atoms with Gasteiger partial charge < -0.3 is 20.1 Å². The number of ether oxygens (including phenoxy) is 2. The average Bonchev–Trinajstić information content (AvgIpc) is 2.78. The average molecular weight is 390 g/mol. The second kappa shape index (κ2) is 9.41. The number of nitrogens with one attached hydrogen (secondary N) is 2. The molecule has 2 N–H and O–H groups in total. The van der Waals surface area contributed by atoms with Gasteiger partial charge in [0.2, 0.25) is 0 Å². The van der Waals surface area contributed by atoms with E-state index in [4.69, 9.17) is 9.47 Å². The standard InChI is InChI=1S/C23H22N2O4/c1-28-18-12-16(13-19(14-18)29-2)15-24-23(27)20-10-6-7-11-21(20)25-22(26)17-8-4-3-5-9-17/h3-14H,15H2,1-2H3,(H,24,27)(H,25,26). The molecule has 2 amide bonds. The largest absolute Gasteiger partial charge is 0.497 e. The van der Waals surface area contributed by atoms with E-state index in [9.17, 15) is 9.59 Å². The van der Waals surface area contributed by atoms with E-state index in [-0.39, 0.29) is 18.4 Å². The molecule has 6 heteroatoms. The molecule has 0 fully saturated rings. The Labute approximate surface area is 169 Å². The first kappa shape index (κ1) is 19.9. The van der Waals surface area contributed by atoms with E-state index in [0.717, 1.165) is 5.56 Å². The zero-order valence-corrected chi connectivity index (χ0v) is 16.3. The van der Waals surface area contributed by atoms with Crippen molar-refractivity contribution in [3.05, 3.63) is 89.5 Å². The van der Waals surface area contributed by atoms with Gasteiger partial charge in [-0.15, -0.1) is 0 Å². The summed E-state index contributed by atoms with van der Waals surface area (Å²) in [4.78, 5) is 25.2. The zero-order chi connectivity index (χ0) is 20.6. The van der Waals surface area contributed by atoms with Crippen LogP contribution in [0.4, 0.5) is 5.69 Å². The maximum Gasteiger partial charge on any atom is 0.255 e. The third kappa shape index (κ3) is 5.13. The minimum absolute atomic E-state index is 0.275. The van der Waals surface area contributed by atoms with Gasteiger partial charge in [0.25, 0.3) is 11.8 Å². The lowest BCUT2D eigenvalue weighted by Crippen LogP contribution is -2.25. The summed E-state index contributed by atoms with van der Waals surface area (Å²) in [5, 5.41) is 5.67. The highest BCUT2D eigenvalue weighted by Crippen LogP contribution is 2.23. The molecule has 6 nitrogen and oxygen atoms in total. The molecule has 0 aliphatic rings. The lowest BCUT2D eigenvalue weighted by atomic mass is 10.1. The van der Waals surface area contributed by atoms with Crippen molar-refractivity contribution in [1.82, 2.24) is 5.32 Å². The van der Waals surface area contributed by atoms with E-state index in [0.29, 0.717) is 28.3 Å². The minimum Gasteiger partial charge on any atom is -0.497 e. The molecule has 0 aliphatic heterocycles. The Morgan fingerprint density at radius 1 is 0.793 bits per heavy atom. The van der Waals surface area contributed by atoms with E-state index < -0.39 is 0 Å². The van der Waals surface area contributed by atoms with E-state index in [1.165, 1.54) is 0 Å². The van der Waals surface area contributed by atoms with E-state index in [2.05, 4.69) is 10.6 Å². The van der Waals surface area contributed by atoms with Crippen LogP contribution in [-0.4, -0.2) is 26.0 Å². The Kier molecular flexibility index (Phi) is 6.47. The number of rotatable bonds is 7. The summed E-state index contributed by atoms with van der Waals surface area (Å²) in [5.41, 5.74) is 2.18. The molecule has 0 atom stereocenters. The smallest absolute Gasteiger partial charge is 0.255 e. The second-order valence-corrected chi connectivity index (χ2v) is 6.27. The van der Waals surface area contributed by atoms with Gasteiger partial charge in [-0.3, -0.25) is 9.59 Å². The molecular formula is C23H22N2O4. The van der Waals surface area contributed by atoms with Crippen LogP contribution in [0.3, 0.4) is 0 Å². The highest BCUT2D eigenvalue weighted by molar-refractivity contribution is 6.08. The monoisotopic (exact) mass is 390 g/mol. The predicted octanol–water partition coefficient (Wildman–Crippen LogP) is 3.89. The molecule has 0 saturated carbocycles. The number of methoxy groups -OCH3 is 2. The molecule has 3 aromatic rings. The summed E-state index contributed by atoms with van der Waals surface area (Å²) in [5.74, 6) is 0.715. The SMILES string of the molecule is COc1cc(CNC(=O)c2ccccc2NC(=O)c2ccccc2)cc(OC)c1. The fourth-order valence-electron chi connectivity index (χ4n) is 2.82. The molecule has 0 unspecified atom stereocenters. The number of hydrogen-bond acceptors (Lipinski definition) is 4. The topological polar surface area (TPSA) is 76.7 Å². The van der Waals surface area contributed by atoms with Gasteiger partial charge in [0.1, 0.15) is 11.5 Å². The second-order valence-electron chi connectivity index (χ2n) is 6.27. The number of amides is 2.